The van der Waals surface area contributed by atoms with Crippen molar-refractivity contribution in [3.05, 3.63) is 241 Å². The van der Waals surface area contributed by atoms with Gasteiger partial charge in [0.2, 0.25) is 0 Å². The summed E-state index contributed by atoms with van der Waals surface area (Å²) in [5.41, 5.74) is 17.0. The number of nitrogens with zero attached hydrogens (tertiary/aromatic N) is 2. The molecule has 0 saturated carbocycles. The summed E-state index contributed by atoms with van der Waals surface area (Å²) in [5.74, 6) is 0. The normalized spacial score (nSPS) is 13.3. The van der Waals surface area contributed by atoms with Gasteiger partial charge in [-0.3, -0.25) is 0 Å². The first-order chi connectivity index (χ1) is 30.8. The van der Waals surface area contributed by atoms with Gasteiger partial charge >= 0.3 is 0 Å². The molecule has 62 heavy (non-hydrogen) atoms. The number of benzene rings is 10. The van der Waals surface area contributed by atoms with Crippen LogP contribution in [0, 0.1) is 0 Å². The second-order valence-corrected chi connectivity index (χ2v) is 17.8. The fraction of sp³-hybridized carbons (Fsp3) is 0.0169. The standard InChI is InChI=1S/C59H36N2S/c1-3-15-38(16-4-1)60(41-33-34-55-47(35-41)44-21-9-12-28-54(44)62-55)40-31-29-37(30-32-40)46-36-53-58-56-45(46)22-13-25-50(56)59(48-23-10-7-19-42(48)43-20-8-11-24-49(43)59)51-26-14-27-52(57(51)58)61(53)39-17-5-2-6-18-39/h1-36H. The highest BCUT2D eigenvalue weighted by Gasteiger charge is 2.50. The molecule has 2 nitrogen and oxygen atoms in total. The van der Waals surface area contributed by atoms with E-state index in [9.17, 15) is 0 Å². The SMILES string of the molecule is c1ccc(N(c2ccc(-c3cc4c5c6c(cccc36)C3(c6ccccc6-c6ccccc63)c3cccc(c35)n4-c3ccccc3)cc2)c2ccc3sc4ccccc4c3c2)cc1. The highest BCUT2D eigenvalue weighted by molar-refractivity contribution is 7.25. The van der Waals surface area contributed by atoms with E-state index in [1.807, 2.05) is 11.3 Å². The maximum atomic E-state index is 2.51. The van der Waals surface area contributed by atoms with Crippen LogP contribution >= 0.6 is 11.3 Å². The number of fused-ring (bicyclic) bond motifs is 10. The van der Waals surface area contributed by atoms with E-state index in [1.54, 1.807) is 0 Å². The van der Waals surface area contributed by atoms with Crippen LogP contribution < -0.4 is 4.90 Å². The lowest BCUT2D eigenvalue weighted by molar-refractivity contribution is 0.783. The molecule has 2 aliphatic carbocycles. The third kappa shape index (κ3) is 4.42. The lowest BCUT2D eigenvalue weighted by Gasteiger charge is -2.38. The average molecular weight is 805 g/mol. The average Bonchev–Trinajstić information content (AvgIpc) is 3.98. The van der Waals surface area contributed by atoms with E-state index < -0.39 is 5.41 Å². The summed E-state index contributed by atoms with van der Waals surface area (Å²) in [5, 5.41) is 7.90. The highest BCUT2D eigenvalue weighted by atomic mass is 32.1. The summed E-state index contributed by atoms with van der Waals surface area (Å²) in [6, 6.07) is 81.4. The van der Waals surface area contributed by atoms with Crippen LogP contribution in [0.1, 0.15) is 22.3 Å². The van der Waals surface area contributed by atoms with E-state index in [0.29, 0.717) is 0 Å². The van der Waals surface area contributed by atoms with Crippen molar-refractivity contribution in [2.24, 2.45) is 0 Å². The first kappa shape index (κ1) is 34.0. The number of anilines is 3. The second kappa shape index (κ2) is 12.7. The van der Waals surface area contributed by atoms with Gasteiger partial charge in [-0.05, 0) is 128 Å². The highest BCUT2D eigenvalue weighted by Crippen LogP contribution is 2.62. The van der Waals surface area contributed by atoms with Crippen molar-refractivity contribution in [3.63, 3.8) is 0 Å². The molecule has 1 spiro atoms. The van der Waals surface area contributed by atoms with Crippen molar-refractivity contribution >= 4 is 81.1 Å². The fourth-order valence-electron chi connectivity index (χ4n) is 11.4. The predicted molar refractivity (Wildman–Crippen MR) is 262 cm³/mol. The molecule has 12 aromatic rings. The summed E-state index contributed by atoms with van der Waals surface area (Å²) < 4.78 is 5.13. The van der Waals surface area contributed by atoms with E-state index in [2.05, 4.69) is 228 Å². The van der Waals surface area contributed by atoms with Gasteiger partial charge < -0.3 is 9.47 Å². The summed E-state index contributed by atoms with van der Waals surface area (Å²) in [4.78, 5) is 2.39. The van der Waals surface area contributed by atoms with Crippen molar-refractivity contribution in [1.29, 1.82) is 0 Å². The van der Waals surface area contributed by atoms with Gasteiger partial charge in [0, 0.05) is 53.7 Å². The minimum absolute atomic E-state index is 0.470. The van der Waals surface area contributed by atoms with Crippen LogP contribution in [0.15, 0.2) is 218 Å². The van der Waals surface area contributed by atoms with E-state index >= 15 is 0 Å². The van der Waals surface area contributed by atoms with Gasteiger partial charge in [-0.2, -0.15) is 0 Å². The first-order valence-electron chi connectivity index (χ1n) is 21.4. The number of aromatic nitrogens is 1. The third-order valence-corrected chi connectivity index (χ3v) is 14.9. The largest absolute Gasteiger partial charge is 0.310 e. The summed E-state index contributed by atoms with van der Waals surface area (Å²) in [6.45, 7) is 0. The summed E-state index contributed by atoms with van der Waals surface area (Å²) in [6.07, 6.45) is 0. The quantitative estimate of drug-likeness (QED) is 0.168. The summed E-state index contributed by atoms with van der Waals surface area (Å²) in [7, 11) is 0. The Labute approximate surface area is 362 Å². The molecule has 0 fully saturated rings. The molecule has 0 saturated heterocycles. The van der Waals surface area contributed by atoms with Crippen LogP contribution in [-0.2, 0) is 5.41 Å². The molecule has 0 bridgehead atoms. The lowest BCUT2D eigenvalue weighted by atomic mass is 9.63. The first-order valence-corrected chi connectivity index (χ1v) is 22.2. The molecule has 0 aliphatic heterocycles. The molecule has 3 heteroatoms. The van der Waals surface area contributed by atoms with Gasteiger partial charge in [-0.15, -0.1) is 11.3 Å². The van der Waals surface area contributed by atoms with Crippen LogP contribution in [0.3, 0.4) is 0 Å². The third-order valence-electron chi connectivity index (χ3n) is 13.8. The second-order valence-electron chi connectivity index (χ2n) is 16.8. The van der Waals surface area contributed by atoms with Gasteiger partial charge in [0.05, 0.1) is 16.4 Å². The zero-order valence-electron chi connectivity index (χ0n) is 33.6. The zero-order chi connectivity index (χ0) is 40.5. The van der Waals surface area contributed by atoms with Crippen LogP contribution in [-0.4, -0.2) is 4.57 Å². The smallest absolute Gasteiger partial charge is 0.0726 e. The minimum Gasteiger partial charge on any atom is -0.310 e. The molecule has 0 N–H and O–H groups in total. The molecule has 2 aliphatic rings. The Morgan fingerprint density at radius 2 is 0.935 bits per heavy atom. The fourth-order valence-corrected chi connectivity index (χ4v) is 12.4. The molecule has 288 valence electrons. The van der Waals surface area contributed by atoms with E-state index in [-0.39, 0.29) is 0 Å². The number of hydrogen-bond donors (Lipinski definition) is 0. The van der Waals surface area contributed by atoms with Crippen LogP contribution in [0.5, 0.6) is 0 Å². The van der Waals surface area contributed by atoms with E-state index in [1.165, 1.54) is 103 Å². The summed E-state index contributed by atoms with van der Waals surface area (Å²) >= 11 is 1.86. The van der Waals surface area contributed by atoms with Gasteiger partial charge in [-0.1, -0.05) is 146 Å². The Kier molecular flexibility index (Phi) is 6.95. The molecular formula is C59H36N2S. The molecule has 2 heterocycles. The predicted octanol–water partition coefficient (Wildman–Crippen LogP) is 16.1. The van der Waals surface area contributed by atoms with E-state index in [4.69, 9.17) is 0 Å². The van der Waals surface area contributed by atoms with Crippen molar-refractivity contribution in [2.75, 3.05) is 4.90 Å². The van der Waals surface area contributed by atoms with Gasteiger partial charge in [0.1, 0.15) is 0 Å². The number of para-hydroxylation sites is 2. The van der Waals surface area contributed by atoms with Crippen molar-refractivity contribution in [2.45, 2.75) is 5.41 Å². The molecule has 0 amide bonds. The van der Waals surface area contributed by atoms with Crippen molar-refractivity contribution in [3.8, 4) is 27.9 Å². The maximum Gasteiger partial charge on any atom is 0.0726 e. The molecular weight excluding hydrogens is 769 g/mol. The monoisotopic (exact) mass is 804 g/mol. The molecule has 0 atom stereocenters. The Balaban J connectivity index is 1.03. The molecule has 0 radical (unpaired) electrons. The van der Waals surface area contributed by atoms with Gasteiger partial charge in [0.25, 0.3) is 0 Å². The van der Waals surface area contributed by atoms with Gasteiger partial charge in [0.15, 0.2) is 0 Å². The Morgan fingerprint density at radius 3 is 1.71 bits per heavy atom. The van der Waals surface area contributed by atoms with Crippen LogP contribution in [0.2, 0.25) is 0 Å². The Morgan fingerprint density at radius 1 is 0.355 bits per heavy atom. The van der Waals surface area contributed by atoms with E-state index in [0.717, 1.165) is 17.1 Å². The Hall–Kier alpha value is -7.72. The van der Waals surface area contributed by atoms with Crippen molar-refractivity contribution < 1.29 is 0 Å². The number of hydrogen-bond acceptors (Lipinski definition) is 2. The molecule has 0 unspecified atom stereocenters. The maximum absolute atomic E-state index is 2.51. The topological polar surface area (TPSA) is 8.17 Å². The number of thiophene rings is 1. The van der Waals surface area contributed by atoms with Crippen LogP contribution in [0.25, 0.3) is 80.7 Å². The van der Waals surface area contributed by atoms with Gasteiger partial charge in [-0.25, -0.2) is 0 Å². The molecule has 10 aromatic carbocycles. The lowest BCUT2D eigenvalue weighted by Crippen LogP contribution is -2.30. The molecule has 14 rings (SSSR count). The van der Waals surface area contributed by atoms with Crippen molar-refractivity contribution in [1.82, 2.24) is 4.57 Å². The van der Waals surface area contributed by atoms with Crippen LogP contribution in [0.4, 0.5) is 17.1 Å². The molecule has 2 aromatic heterocycles. The Bertz CT molecular complexity index is 3760. The minimum atomic E-state index is -0.470. The number of rotatable bonds is 5. The zero-order valence-corrected chi connectivity index (χ0v) is 34.4.